The molecule has 1 atom stereocenters. The maximum Gasteiger partial charge on any atom is 0.220 e. The molecule has 0 aliphatic carbocycles. The van der Waals surface area contributed by atoms with Crippen LogP contribution in [0.25, 0.3) is 0 Å². The molecule has 0 radical (unpaired) electrons. The molecule has 1 N–H and O–H groups in total. The number of carbonyl (C=O) groups excluding carboxylic acids is 1. The minimum absolute atomic E-state index is 0.0446. The van der Waals surface area contributed by atoms with E-state index in [0.29, 0.717) is 18.9 Å². The summed E-state index contributed by atoms with van der Waals surface area (Å²) in [6.45, 7) is 14.0. The second kappa shape index (κ2) is 6.22. The Morgan fingerprint density at radius 1 is 1.42 bits per heavy atom. The van der Waals surface area contributed by atoms with E-state index in [2.05, 4.69) is 51.1 Å². The summed E-state index contributed by atoms with van der Waals surface area (Å²) in [4.78, 5) is 11.8. The lowest BCUT2D eigenvalue weighted by atomic mass is 9.92. The summed E-state index contributed by atoms with van der Waals surface area (Å²) in [6, 6.07) is 2.07. The molecule has 1 aromatic heterocycles. The number of amides is 1. The minimum atomic E-state index is 0.0446. The molecule has 1 rings (SSSR count). The number of hydrogen-bond donors (Lipinski definition) is 1. The molecule has 4 nitrogen and oxygen atoms in total. The summed E-state index contributed by atoms with van der Waals surface area (Å²) in [5, 5.41) is 7.45. The molecule has 0 unspecified atom stereocenters. The van der Waals surface area contributed by atoms with E-state index in [4.69, 9.17) is 0 Å². The molecule has 0 fully saturated rings. The molecule has 0 bridgehead atoms. The van der Waals surface area contributed by atoms with Gasteiger partial charge < -0.3 is 5.32 Å². The molecule has 1 heterocycles. The molecular formula is C15H27N3O. The van der Waals surface area contributed by atoms with Crippen molar-refractivity contribution in [1.29, 1.82) is 0 Å². The number of aromatic nitrogens is 2. The molecular weight excluding hydrogens is 238 g/mol. The van der Waals surface area contributed by atoms with E-state index >= 15 is 0 Å². The molecule has 1 aromatic rings. The van der Waals surface area contributed by atoms with E-state index in [-0.39, 0.29) is 11.3 Å². The summed E-state index contributed by atoms with van der Waals surface area (Å²) in [5.74, 6) is 0.509. The van der Waals surface area contributed by atoms with E-state index in [1.165, 1.54) is 5.69 Å². The van der Waals surface area contributed by atoms with Crippen LogP contribution in [-0.4, -0.2) is 22.2 Å². The van der Waals surface area contributed by atoms with E-state index in [1.807, 2.05) is 11.6 Å². The van der Waals surface area contributed by atoms with Gasteiger partial charge in [0.1, 0.15) is 0 Å². The molecule has 0 aliphatic rings. The van der Waals surface area contributed by atoms with Crippen LogP contribution in [0.3, 0.4) is 0 Å². The highest BCUT2D eigenvalue weighted by Crippen LogP contribution is 2.17. The molecule has 0 aromatic carbocycles. The van der Waals surface area contributed by atoms with Crippen LogP contribution in [0.15, 0.2) is 6.07 Å². The summed E-state index contributed by atoms with van der Waals surface area (Å²) in [7, 11) is 0. The largest absolute Gasteiger partial charge is 0.356 e. The smallest absolute Gasteiger partial charge is 0.220 e. The van der Waals surface area contributed by atoms with Crippen LogP contribution < -0.4 is 5.32 Å². The zero-order chi connectivity index (χ0) is 14.6. The number of nitrogens with zero attached hydrogens (tertiary/aromatic N) is 2. The highest BCUT2D eigenvalue weighted by Gasteiger charge is 2.16. The van der Waals surface area contributed by atoms with Crippen LogP contribution in [-0.2, 0) is 11.3 Å². The van der Waals surface area contributed by atoms with Crippen molar-refractivity contribution < 1.29 is 4.79 Å². The van der Waals surface area contributed by atoms with Gasteiger partial charge in [0.15, 0.2) is 0 Å². The highest BCUT2D eigenvalue weighted by atomic mass is 16.1. The first kappa shape index (κ1) is 15.7. The second-order valence-corrected chi connectivity index (χ2v) is 6.76. The molecule has 19 heavy (non-hydrogen) atoms. The van der Waals surface area contributed by atoms with E-state index in [0.717, 1.165) is 12.2 Å². The van der Waals surface area contributed by atoms with Crippen molar-refractivity contribution >= 4 is 5.91 Å². The van der Waals surface area contributed by atoms with Crippen LogP contribution in [0, 0.1) is 25.2 Å². The third-order valence-corrected chi connectivity index (χ3v) is 2.93. The number of carbonyl (C=O) groups is 1. The van der Waals surface area contributed by atoms with Crippen molar-refractivity contribution in [2.24, 2.45) is 11.3 Å². The Balaban J connectivity index is 2.38. The first-order valence-corrected chi connectivity index (χ1v) is 6.95. The maximum atomic E-state index is 11.8. The van der Waals surface area contributed by atoms with Gasteiger partial charge in [-0.05, 0) is 31.2 Å². The van der Waals surface area contributed by atoms with Gasteiger partial charge in [-0.2, -0.15) is 5.10 Å². The fourth-order valence-electron chi connectivity index (χ4n) is 2.05. The lowest BCUT2D eigenvalue weighted by Crippen LogP contribution is -2.32. The molecule has 4 heteroatoms. The van der Waals surface area contributed by atoms with Crippen molar-refractivity contribution in [2.75, 3.05) is 6.54 Å². The molecule has 0 aliphatic heterocycles. The Kier molecular flexibility index (Phi) is 5.15. The lowest BCUT2D eigenvalue weighted by Gasteiger charge is -2.19. The number of nitrogens with one attached hydrogen (secondary N) is 1. The Bertz CT molecular complexity index is 429. The zero-order valence-electron chi connectivity index (χ0n) is 13.1. The minimum Gasteiger partial charge on any atom is -0.356 e. The van der Waals surface area contributed by atoms with Gasteiger partial charge in [-0.1, -0.05) is 27.7 Å². The van der Waals surface area contributed by atoms with Gasteiger partial charge in [0, 0.05) is 25.2 Å². The molecule has 0 spiro atoms. The molecule has 0 saturated carbocycles. The third kappa shape index (κ3) is 5.90. The summed E-state index contributed by atoms with van der Waals surface area (Å²) < 4.78 is 2.01. The summed E-state index contributed by atoms with van der Waals surface area (Å²) >= 11 is 0. The van der Waals surface area contributed by atoms with E-state index in [1.54, 1.807) is 0 Å². The fraction of sp³-hybridized carbons (Fsp3) is 0.733. The highest BCUT2D eigenvalue weighted by molar-refractivity contribution is 5.76. The van der Waals surface area contributed by atoms with Gasteiger partial charge in [0.25, 0.3) is 0 Å². The Labute approximate surface area is 116 Å². The average Bonchev–Trinajstić information content (AvgIpc) is 2.52. The van der Waals surface area contributed by atoms with E-state index in [9.17, 15) is 4.79 Å². The summed E-state index contributed by atoms with van der Waals surface area (Å²) in [5.41, 5.74) is 2.26. The quantitative estimate of drug-likeness (QED) is 0.889. The predicted molar refractivity (Wildman–Crippen MR) is 77.9 cm³/mol. The second-order valence-electron chi connectivity index (χ2n) is 6.76. The van der Waals surface area contributed by atoms with Gasteiger partial charge >= 0.3 is 0 Å². The van der Waals surface area contributed by atoms with Gasteiger partial charge in [-0.15, -0.1) is 0 Å². The number of hydrogen-bond acceptors (Lipinski definition) is 2. The van der Waals surface area contributed by atoms with Gasteiger partial charge in [0.05, 0.1) is 5.69 Å². The zero-order valence-corrected chi connectivity index (χ0v) is 13.1. The lowest BCUT2D eigenvalue weighted by molar-refractivity contribution is -0.123. The molecule has 1 amide bonds. The fourth-order valence-corrected chi connectivity index (χ4v) is 2.05. The van der Waals surface area contributed by atoms with Gasteiger partial charge in [-0.3, -0.25) is 9.48 Å². The van der Waals surface area contributed by atoms with Crippen LogP contribution >= 0.6 is 0 Å². The molecule has 108 valence electrons. The van der Waals surface area contributed by atoms with Crippen LogP contribution in [0.4, 0.5) is 0 Å². The van der Waals surface area contributed by atoms with Crippen molar-refractivity contribution in [3.8, 4) is 0 Å². The van der Waals surface area contributed by atoms with Crippen molar-refractivity contribution in [3.63, 3.8) is 0 Å². The van der Waals surface area contributed by atoms with Crippen molar-refractivity contribution in [1.82, 2.24) is 15.1 Å². The molecule has 0 saturated heterocycles. The Hall–Kier alpha value is -1.32. The number of rotatable bonds is 5. The van der Waals surface area contributed by atoms with Crippen molar-refractivity contribution in [3.05, 3.63) is 17.5 Å². The monoisotopic (exact) mass is 265 g/mol. The maximum absolute atomic E-state index is 11.8. The first-order chi connectivity index (χ1) is 8.67. The SMILES string of the molecule is Cc1cc(C)n(C[C@H](C)CNC(=O)CC(C)(C)C)n1. The topological polar surface area (TPSA) is 46.9 Å². The van der Waals surface area contributed by atoms with Crippen molar-refractivity contribution in [2.45, 2.75) is 54.5 Å². The summed E-state index contributed by atoms with van der Waals surface area (Å²) in [6.07, 6.45) is 0.569. The third-order valence-electron chi connectivity index (χ3n) is 2.93. The first-order valence-electron chi connectivity index (χ1n) is 6.95. The van der Waals surface area contributed by atoms with Crippen LogP contribution in [0.5, 0.6) is 0 Å². The van der Waals surface area contributed by atoms with Gasteiger partial charge in [0.2, 0.25) is 5.91 Å². The number of aryl methyl sites for hydroxylation is 2. The average molecular weight is 265 g/mol. The van der Waals surface area contributed by atoms with E-state index < -0.39 is 0 Å². The van der Waals surface area contributed by atoms with Crippen LogP contribution in [0.2, 0.25) is 0 Å². The Morgan fingerprint density at radius 2 is 2.05 bits per heavy atom. The Morgan fingerprint density at radius 3 is 2.53 bits per heavy atom. The van der Waals surface area contributed by atoms with Crippen LogP contribution in [0.1, 0.15) is 45.5 Å². The normalized spacial score (nSPS) is 13.4. The van der Waals surface area contributed by atoms with Gasteiger partial charge in [-0.25, -0.2) is 0 Å². The standard InChI is InChI=1S/C15H27N3O/c1-11(9-16-14(19)8-15(4,5)6)10-18-13(3)7-12(2)17-18/h7,11H,8-10H2,1-6H3,(H,16,19)/t11-/m1/s1. The predicted octanol–water partition coefficient (Wildman–Crippen LogP) is 2.69.